The zero-order valence-electron chi connectivity index (χ0n) is 13.8. The van der Waals surface area contributed by atoms with E-state index < -0.39 is 5.54 Å². The third kappa shape index (κ3) is 3.64. The lowest BCUT2D eigenvalue weighted by atomic mass is 9.92. The van der Waals surface area contributed by atoms with Gasteiger partial charge in [0, 0.05) is 24.6 Å². The molecule has 0 bridgehead atoms. The Morgan fingerprint density at radius 2 is 2.17 bits per heavy atom. The van der Waals surface area contributed by atoms with Gasteiger partial charge in [0.1, 0.15) is 11.2 Å². The van der Waals surface area contributed by atoms with Crippen molar-refractivity contribution in [3.63, 3.8) is 0 Å². The largest absolute Gasteiger partial charge is 0.379 e. The highest BCUT2D eigenvalue weighted by Crippen LogP contribution is 2.34. The van der Waals surface area contributed by atoms with Crippen molar-refractivity contribution in [2.45, 2.75) is 32.2 Å². The Balaban J connectivity index is 1.82. The van der Waals surface area contributed by atoms with Gasteiger partial charge in [0.15, 0.2) is 11.0 Å². The molecule has 3 heterocycles. The smallest absolute Gasteiger partial charge is 0.185 e. The zero-order valence-corrected chi connectivity index (χ0v) is 14.6. The number of pyridine rings is 2. The summed E-state index contributed by atoms with van der Waals surface area (Å²) < 4.78 is 0. The van der Waals surface area contributed by atoms with Crippen LogP contribution < -0.4 is 5.73 Å². The van der Waals surface area contributed by atoms with Gasteiger partial charge < -0.3 is 5.73 Å². The molecule has 0 amide bonds. The molecule has 0 radical (unpaired) electrons. The molecule has 2 aromatic rings. The number of Topliss-reactive ketones (excluding diaryl/α,β-unsaturated/α-hetero) is 1. The summed E-state index contributed by atoms with van der Waals surface area (Å²) in [5.74, 6) is 0.920. The number of carbonyl (C=O) groups excluding carboxylic acids is 1. The molecule has 0 unspecified atom stereocenters. The number of thioether (sulfide) groups is 1. The summed E-state index contributed by atoms with van der Waals surface area (Å²) in [4.78, 5) is 25.6. The lowest BCUT2D eigenvalue weighted by Gasteiger charge is -2.28. The van der Waals surface area contributed by atoms with Crippen LogP contribution in [0.4, 0.5) is 0 Å². The summed E-state index contributed by atoms with van der Waals surface area (Å²) in [6, 6.07) is 7.49. The van der Waals surface area contributed by atoms with Crippen LogP contribution in [0.25, 0.3) is 0 Å². The van der Waals surface area contributed by atoms with E-state index in [4.69, 9.17) is 5.73 Å². The predicted molar refractivity (Wildman–Crippen MR) is 97.3 cm³/mol. The maximum atomic E-state index is 12.4. The van der Waals surface area contributed by atoms with Crippen LogP contribution >= 0.6 is 11.8 Å². The van der Waals surface area contributed by atoms with E-state index in [9.17, 15) is 4.79 Å². The predicted octanol–water partition coefficient (Wildman–Crippen LogP) is 2.88. The molecule has 2 aromatic heterocycles. The summed E-state index contributed by atoms with van der Waals surface area (Å²) in [5, 5.41) is 0.593. The average Bonchev–Trinajstić information content (AvgIpc) is 2.55. The summed E-state index contributed by atoms with van der Waals surface area (Å²) in [5.41, 5.74) is 8.75. The van der Waals surface area contributed by atoms with Crippen molar-refractivity contribution < 1.29 is 4.79 Å². The van der Waals surface area contributed by atoms with E-state index in [-0.39, 0.29) is 5.78 Å². The van der Waals surface area contributed by atoms with E-state index in [2.05, 4.69) is 15.0 Å². The van der Waals surface area contributed by atoms with E-state index in [0.29, 0.717) is 17.3 Å². The monoisotopic (exact) mass is 340 g/mol. The summed E-state index contributed by atoms with van der Waals surface area (Å²) in [6.07, 6.45) is 4.63. The fourth-order valence-electron chi connectivity index (χ4n) is 2.66. The first-order valence-electron chi connectivity index (χ1n) is 7.86. The van der Waals surface area contributed by atoms with Crippen LogP contribution in [0, 0.1) is 6.92 Å². The number of hydrogen-bond acceptors (Lipinski definition) is 6. The van der Waals surface area contributed by atoms with Crippen molar-refractivity contribution in [3.05, 3.63) is 59.2 Å². The van der Waals surface area contributed by atoms with Gasteiger partial charge in [-0.25, -0.2) is 4.99 Å². The second-order valence-electron chi connectivity index (χ2n) is 6.19. The minimum Gasteiger partial charge on any atom is -0.379 e. The van der Waals surface area contributed by atoms with Gasteiger partial charge in [-0.05, 0) is 49.6 Å². The fraction of sp³-hybridized carbons (Fsp3) is 0.333. The molecule has 0 saturated carbocycles. The Bertz CT molecular complexity index is 788. The van der Waals surface area contributed by atoms with Crippen LogP contribution in [0.1, 0.15) is 40.7 Å². The second kappa shape index (κ2) is 6.73. The second-order valence-corrected chi connectivity index (χ2v) is 7.31. The number of aromatic nitrogens is 2. The SMILES string of the molecule is Cc1ccc(C(=O)Cc2ccnc([C@]3(C)CCSC(N)=N3)c2)nc1. The van der Waals surface area contributed by atoms with Crippen LogP contribution in [0.3, 0.4) is 0 Å². The van der Waals surface area contributed by atoms with Gasteiger partial charge in [-0.2, -0.15) is 0 Å². The zero-order chi connectivity index (χ0) is 17.2. The number of nitrogens with zero attached hydrogens (tertiary/aromatic N) is 3. The van der Waals surface area contributed by atoms with Gasteiger partial charge in [0.2, 0.25) is 0 Å². The first kappa shape index (κ1) is 16.6. The number of carbonyl (C=O) groups is 1. The van der Waals surface area contributed by atoms with Gasteiger partial charge in [-0.1, -0.05) is 17.8 Å². The molecule has 124 valence electrons. The summed E-state index contributed by atoms with van der Waals surface area (Å²) >= 11 is 1.57. The molecule has 2 N–H and O–H groups in total. The lowest BCUT2D eigenvalue weighted by molar-refractivity contribution is 0.0988. The topological polar surface area (TPSA) is 81.2 Å². The highest BCUT2D eigenvalue weighted by Gasteiger charge is 2.31. The van der Waals surface area contributed by atoms with Gasteiger partial charge in [0.25, 0.3) is 0 Å². The van der Waals surface area contributed by atoms with Gasteiger partial charge in [-0.15, -0.1) is 0 Å². The number of aliphatic imine (C=N–C) groups is 1. The third-order valence-corrected chi connectivity index (χ3v) is 4.93. The number of nitrogens with two attached hydrogens (primary N) is 1. The summed E-state index contributed by atoms with van der Waals surface area (Å²) in [6.45, 7) is 3.99. The number of amidine groups is 1. The molecule has 0 aromatic carbocycles. The van der Waals surface area contributed by atoms with Crippen molar-refractivity contribution in [1.82, 2.24) is 9.97 Å². The van der Waals surface area contributed by atoms with E-state index >= 15 is 0 Å². The van der Waals surface area contributed by atoms with Crippen LogP contribution in [0.15, 0.2) is 41.7 Å². The first-order chi connectivity index (χ1) is 11.5. The van der Waals surface area contributed by atoms with E-state index in [1.165, 1.54) is 0 Å². The van der Waals surface area contributed by atoms with E-state index in [1.54, 1.807) is 30.2 Å². The summed E-state index contributed by atoms with van der Waals surface area (Å²) in [7, 11) is 0. The van der Waals surface area contributed by atoms with Gasteiger partial charge in [-0.3, -0.25) is 14.8 Å². The van der Waals surface area contributed by atoms with Crippen molar-refractivity contribution in [1.29, 1.82) is 0 Å². The molecule has 0 aliphatic carbocycles. The highest BCUT2D eigenvalue weighted by molar-refractivity contribution is 8.13. The standard InChI is InChI=1S/C18H20N4OS/c1-12-3-4-14(21-11-12)15(23)9-13-5-7-20-16(10-13)18(2)6-8-24-17(19)22-18/h3-5,7,10-11H,6,8-9H2,1-2H3,(H2,19,22)/t18-/m0/s1. The maximum Gasteiger partial charge on any atom is 0.185 e. The van der Waals surface area contributed by atoms with Crippen LogP contribution in [-0.4, -0.2) is 26.7 Å². The quantitative estimate of drug-likeness (QED) is 0.866. The third-order valence-electron chi connectivity index (χ3n) is 4.13. The number of hydrogen-bond donors (Lipinski definition) is 1. The lowest BCUT2D eigenvalue weighted by Crippen LogP contribution is -2.29. The molecule has 5 nitrogen and oxygen atoms in total. The number of rotatable bonds is 4. The molecule has 0 fully saturated rings. The normalized spacial score (nSPS) is 20.5. The van der Waals surface area contributed by atoms with Crippen LogP contribution in [0.2, 0.25) is 0 Å². The molecule has 0 saturated heterocycles. The highest BCUT2D eigenvalue weighted by atomic mass is 32.2. The van der Waals surface area contributed by atoms with Crippen LogP contribution in [0.5, 0.6) is 0 Å². The Morgan fingerprint density at radius 1 is 1.33 bits per heavy atom. The Hall–Kier alpha value is -2.21. The Kier molecular flexibility index (Phi) is 4.66. The molecule has 24 heavy (non-hydrogen) atoms. The molecular weight excluding hydrogens is 320 g/mol. The van der Waals surface area contributed by atoms with Gasteiger partial charge >= 0.3 is 0 Å². The minimum atomic E-state index is -0.420. The first-order valence-corrected chi connectivity index (χ1v) is 8.84. The average molecular weight is 340 g/mol. The van der Waals surface area contributed by atoms with E-state index in [1.807, 2.05) is 32.0 Å². The van der Waals surface area contributed by atoms with Crippen molar-refractivity contribution in [2.24, 2.45) is 10.7 Å². The molecule has 6 heteroatoms. The molecule has 0 spiro atoms. The molecule has 3 rings (SSSR count). The van der Waals surface area contributed by atoms with Crippen molar-refractivity contribution in [3.8, 4) is 0 Å². The van der Waals surface area contributed by atoms with Crippen molar-refractivity contribution in [2.75, 3.05) is 5.75 Å². The number of aryl methyl sites for hydroxylation is 1. The number of ketones is 1. The van der Waals surface area contributed by atoms with Crippen LogP contribution in [-0.2, 0) is 12.0 Å². The molecule has 1 atom stereocenters. The molecule has 1 aliphatic heterocycles. The van der Waals surface area contributed by atoms with E-state index in [0.717, 1.165) is 29.0 Å². The fourth-order valence-corrected chi connectivity index (χ4v) is 3.63. The molecule has 1 aliphatic rings. The Labute approximate surface area is 145 Å². The van der Waals surface area contributed by atoms with Crippen molar-refractivity contribution >= 4 is 22.7 Å². The maximum absolute atomic E-state index is 12.4. The minimum absolute atomic E-state index is 0.000446. The molecular formula is C18H20N4OS. The van der Waals surface area contributed by atoms with Gasteiger partial charge in [0.05, 0.1) is 5.69 Å². The Morgan fingerprint density at radius 3 is 2.88 bits per heavy atom.